The fraction of sp³-hybridized carbons (Fsp3) is 0.625. The number of Topliss-reactive ketones (excluding diaryl/α,β-unsaturated/α-hetero) is 1. The molecule has 1 atom stereocenters. The molecule has 2 aliphatic rings. The quantitative estimate of drug-likeness (QED) is 0.332. The number of carbonyl (C=O) groups excluding carboxylic acids is 4. The Bertz CT molecular complexity index is 497. The van der Waals surface area contributed by atoms with Gasteiger partial charge < -0.3 is 4.74 Å². The van der Waals surface area contributed by atoms with Crippen molar-refractivity contribution in [1.29, 1.82) is 0 Å². The van der Waals surface area contributed by atoms with Crippen LogP contribution in [-0.4, -0.2) is 41.6 Å². The van der Waals surface area contributed by atoms with Gasteiger partial charge in [0, 0.05) is 19.3 Å². The Morgan fingerprint density at radius 2 is 1.82 bits per heavy atom. The molecule has 1 aliphatic heterocycles. The van der Waals surface area contributed by atoms with Crippen molar-refractivity contribution < 1.29 is 23.9 Å². The van der Waals surface area contributed by atoms with Gasteiger partial charge in [0.1, 0.15) is 12.0 Å². The minimum absolute atomic E-state index is 0.00968. The van der Waals surface area contributed by atoms with Crippen molar-refractivity contribution in [1.82, 2.24) is 4.90 Å². The van der Waals surface area contributed by atoms with E-state index in [0.717, 1.165) is 11.3 Å². The first-order valence-corrected chi connectivity index (χ1v) is 7.66. The molecule has 0 bridgehead atoms. The van der Waals surface area contributed by atoms with Gasteiger partial charge in [0.25, 0.3) is 0 Å². The molecule has 1 heterocycles. The zero-order chi connectivity index (χ0) is 16.2. The number of likely N-dealkylation sites (tertiary alicyclic amines) is 1. The summed E-state index contributed by atoms with van der Waals surface area (Å²) in [6, 6.07) is 0. The van der Waals surface area contributed by atoms with Crippen LogP contribution in [-0.2, 0) is 23.9 Å². The number of rotatable bonds is 5. The van der Waals surface area contributed by atoms with Gasteiger partial charge >= 0.3 is 5.97 Å². The highest BCUT2D eigenvalue weighted by molar-refractivity contribution is 6.06. The Morgan fingerprint density at radius 1 is 1.14 bits per heavy atom. The number of hydrogen-bond donors (Lipinski definition) is 0. The van der Waals surface area contributed by atoms with Gasteiger partial charge in [-0.25, -0.2) is 0 Å². The molecule has 1 saturated carbocycles. The second kappa shape index (κ2) is 6.85. The van der Waals surface area contributed by atoms with Crippen molar-refractivity contribution in [3.8, 4) is 0 Å². The van der Waals surface area contributed by atoms with E-state index in [4.69, 9.17) is 4.74 Å². The number of ether oxygens (including phenoxy) is 1. The van der Waals surface area contributed by atoms with Crippen LogP contribution in [0.3, 0.4) is 0 Å². The highest BCUT2D eigenvalue weighted by Crippen LogP contribution is 2.36. The lowest BCUT2D eigenvalue weighted by Gasteiger charge is -2.37. The van der Waals surface area contributed by atoms with E-state index < -0.39 is 11.4 Å². The second-order valence-electron chi connectivity index (χ2n) is 5.83. The summed E-state index contributed by atoms with van der Waals surface area (Å²) in [5.74, 6) is -1.52. The van der Waals surface area contributed by atoms with E-state index in [1.165, 1.54) is 6.08 Å². The lowest BCUT2D eigenvalue weighted by Crippen LogP contribution is -2.54. The minimum Gasteiger partial charge on any atom is -0.461 e. The van der Waals surface area contributed by atoms with Gasteiger partial charge in [-0.15, -0.1) is 0 Å². The second-order valence-corrected chi connectivity index (χ2v) is 5.83. The number of carbonyl (C=O) groups is 4. The molecule has 2 rings (SSSR count). The van der Waals surface area contributed by atoms with Crippen LogP contribution in [0.25, 0.3) is 0 Å². The number of hydrogen-bond acceptors (Lipinski definition) is 5. The standard InChI is InChI=1S/C16H21NO5/c1-2-10-22-15(21)16(9-4-3-6-12(16)18)11-17-13(19)7-5-8-14(17)20/h2H,1,3-11H2. The molecule has 120 valence electrons. The number of piperidine rings is 1. The zero-order valence-electron chi connectivity index (χ0n) is 12.6. The van der Waals surface area contributed by atoms with Gasteiger partial charge in [-0.1, -0.05) is 19.1 Å². The summed E-state index contributed by atoms with van der Waals surface area (Å²) in [6.07, 6.45) is 4.52. The summed E-state index contributed by atoms with van der Waals surface area (Å²) < 4.78 is 5.09. The molecular formula is C16H21NO5. The normalized spacial score (nSPS) is 26.0. The van der Waals surface area contributed by atoms with Crippen molar-refractivity contribution in [3.63, 3.8) is 0 Å². The van der Waals surface area contributed by atoms with E-state index in [1.807, 2.05) is 0 Å². The van der Waals surface area contributed by atoms with Crippen LogP contribution < -0.4 is 0 Å². The van der Waals surface area contributed by atoms with E-state index in [-0.39, 0.29) is 50.0 Å². The Morgan fingerprint density at radius 3 is 2.41 bits per heavy atom. The van der Waals surface area contributed by atoms with Crippen molar-refractivity contribution in [3.05, 3.63) is 12.7 Å². The number of imide groups is 1. The van der Waals surface area contributed by atoms with Crippen LogP contribution in [0.1, 0.15) is 44.9 Å². The van der Waals surface area contributed by atoms with Gasteiger partial charge in [-0.2, -0.15) is 0 Å². The van der Waals surface area contributed by atoms with Crippen LogP contribution in [0.15, 0.2) is 12.7 Å². The van der Waals surface area contributed by atoms with Crippen LogP contribution in [0.2, 0.25) is 0 Å². The summed E-state index contributed by atoms with van der Waals surface area (Å²) in [5, 5.41) is 0. The predicted molar refractivity (Wildman–Crippen MR) is 77.6 cm³/mol. The van der Waals surface area contributed by atoms with Crippen molar-refractivity contribution in [2.75, 3.05) is 13.2 Å². The molecular weight excluding hydrogens is 286 g/mol. The molecule has 22 heavy (non-hydrogen) atoms. The third-order valence-electron chi connectivity index (χ3n) is 4.33. The third-order valence-corrected chi connectivity index (χ3v) is 4.33. The molecule has 6 heteroatoms. The van der Waals surface area contributed by atoms with Crippen molar-refractivity contribution >= 4 is 23.6 Å². The highest BCUT2D eigenvalue weighted by Gasteiger charge is 2.50. The molecule has 2 fully saturated rings. The number of amides is 2. The van der Waals surface area contributed by atoms with E-state index in [1.54, 1.807) is 0 Å². The molecule has 6 nitrogen and oxygen atoms in total. The summed E-state index contributed by atoms with van der Waals surface area (Å²) in [5.41, 5.74) is -1.40. The maximum absolute atomic E-state index is 12.4. The Balaban J connectivity index is 2.25. The van der Waals surface area contributed by atoms with Crippen molar-refractivity contribution in [2.45, 2.75) is 44.9 Å². The highest BCUT2D eigenvalue weighted by atomic mass is 16.5. The Hall–Kier alpha value is -1.98. The molecule has 0 radical (unpaired) electrons. The van der Waals surface area contributed by atoms with Gasteiger partial charge in [0.15, 0.2) is 5.78 Å². The third kappa shape index (κ3) is 3.10. The smallest absolute Gasteiger partial charge is 0.321 e. The molecule has 0 aromatic rings. The first kappa shape index (κ1) is 16.4. The first-order chi connectivity index (χ1) is 10.5. The van der Waals surface area contributed by atoms with Gasteiger partial charge in [-0.05, 0) is 19.3 Å². The van der Waals surface area contributed by atoms with Gasteiger partial charge in [-0.3, -0.25) is 24.1 Å². The Labute approximate surface area is 129 Å². The predicted octanol–water partition coefficient (Wildman–Crippen LogP) is 1.38. The van der Waals surface area contributed by atoms with Crippen LogP contribution in [0.5, 0.6) is 0 Å². The zero-order valence-corrected chi connectivity index (χ0v) is 12.6. The van der Waals surface area contributed by atoms with Gasteiger partial charge in [0.2, 0.25) is 11.8 Å². The molecule has 0 N–H and O–H groups in total. The SMILES string of the molecule is C=CCOC(=O)C1(CN2C(=O)CCCC2=O)CCCCC1=O. The summed E-state index contributed by atoms with van der Waals surface area (Å²) in [4.78, 5) is 49.9. The van der Waals surface area contributed by atoms with Crippen LogP contribution in [0.4, 0.5) is 0 Å². The maximum atomic E-state index is 12.4. The fourth-order valence-corrected chi connectivity index (χ4v) is 3.06. The minimum atomic E-state index is -1.40. The molecule has 0 aromatic heterocycles. The number of esters is 1. The Kier molecular flexibility index (Phi) is 5.11. The lowest BCUT2D eigenvalue weighted by atomic mass is 9.72. The molecule has 1 saturated heterocycles. The number of nitrogens with zero attached hydrogens (tertiary/aromatic N) is 1. The van der Waals surface area contributed by atoms with Crippen molar-refractivity contribution in [2.24, 2.45) is 5.41 Å². The number of ketones is 1. The maximum Gasteiger partial charge on any atom is 0.321 e. The van der Waals surface area contributed by atoms with Crippen LogP contribution in [0, 0.1) is 5.41 Å². The van der Waals surface area contributed by atoms with E-state index in [0.29, 0.717) is 19.3 Å². The average Bonchev–Trinajstić information content (AvgIpc) is 2.50. The van der Waals surface area contributed by atoms with Gasteiger partial charge in [0.05, 0.1) is 6.54 Å². The monoisotopic (exact) mass is 307 g/mol. The first-order valence-electron chi connectivity index (χ1n) is 7.66. The molecule has 0 spiro atoms. The summed E-state index contributed by atoms with van der Waals surface area (Å²) in [7, 11) is 0. The van der Waals surface area contributed by atoms with E-state index in [9.17, 15) is 19.2 Å². The largest absolute Gasteiger partial charge is 0.461 e. The lowest BCUT2D eigenvalue weighted by molar-refractivity contribution is -0.165. The summed E-state index contributed by atoms with van der Waals surface area (Å²) in [6.45, 7) is 3.31. The topological polar surface area (TPSA) is 80.8 Å². The van der Waals surface area contributed by atoms with E-state index in [2.05, 4.69) is 6.58 Å². The molecule has 2 amide bonds. The fourth-order valence-electron chi connectivity index (χ4n) is 3.06. The molecule has 1 aliphatic carbocycles. The average molecular weight is 307 g/mol. The van der Waals surface area contributed by atoms with Crippen LogP contribution >= 0.6 is 0 Å². The van der Waals surface area contributed by atoms with E-state index >= 15 is 0 Å². The summed E-state index contributed by atoms with van der Waals surface area (Å²) >= 11 is 0. The molecule has 1 unspecified atom stereocenters. The molecule has 0 aromatic carbocycles.